The molecule has 4 N–H and O–H groups in total. The van der Waals surface area contributed by atoms with Crippen molar-refractivity contribution in [1.82, 2.24) is 15.5 Å². The second-order valence-electron chi connectivity index (χ2n) is 6.82. The van der Waals surface area contributed by atoms with Crippen molar-refractivity contribution in [2.45, 2.75) is 51.7 Å². The van der Waals surface area contributed by atoms with Crippen LogP contribution in [-0.4, -0.2) is 54.5 Å². The minimum absolute atomic E-state index is 0.00586. The summed E-state index contributed by atoms with van der Waals surface area (Å²) >= 11 is 0. The van der Waals surface area contributed by atoms with E-state index in [2.05, 4.69) is 22.5 Å². The summed E-state index contributed by atoms with van der Waals surface area (Å²) in [5.74, 6) is 0.131. The third-order valence-corrected chi connectivity index (χ3v) is 4.49. The lowest BCUT2D eigenvalue weighted by molar-refractivity contribution is -0.127. The normalized spacial score (nSPS) is 27.7. The molecule has 6 heteroatoms. The molecule has 2 unspecified atom stereocenters. The zero-order valence-corrected chi connectivity index (χ0v) is 13.3. The van der Waals surface area contributed by atoms with Crippen LogP contribution in [0.2, 0.25) is 0 Å². The molecule has 3 atom stereocenters. The first-order valence-electron chi connectivity index (χ1n) is 7.95. The first kappa shape index (κ1) is 16.2. The summed E-state index contributed by atoms with van der Waals surface area (Å²) < 4.78 is 0. The lowest BCUT2D eigenvalue weighted by Gasteiger charge is -2.18. The predicted octanol–water partition coefficient (Wildman–Crippen LogP) is -0.315. The highest BCUT2D eigenvalue weighted by atomic mass is 16.2. The number of carbonyl (C=O) groups excluding carboxylic acids is 2. The minimum Gasteiger partial charge on any atom is -0.350 e. The van der Waals surface area contributed by atoms with E-state index in [1.165, 1.54) is 12.8 Å². The van der Waals surface area contributed by atoms with Gasteiger partial charge in [-0.25, -0.2) is 0 Å². The van der Waals surface area contributed by atoms with Gasteiger partial charge in [0, 0.05) is 25.2 Å². The van der Waals surface area contributed by atoms with Crippen molar-refractivity contribution >= 4 is 11.8 Å². The van der Waals surface area contributed by atoms with Gasteiger partial charge < -0.3 is 16.4 Å². The van der Waals surface area contributed by atoms with E-state index in [9.17, 15) is 9.59 Å². The standard InChI is InChI=1S/C15H28N4O2/c1-9(2)14(16)15(21)17-6-13(20)18-12-8-19(7-10(12)3)11-4-5-11/h9-12,14H,4-8,16H2,1-3H3,(H,17,21)(H,18,20)/t10?,12?,14-/m0/s1. The summed E-state index contributed by atoms with van der Waals surface area (Å²) in [6.45, 7) is 7.93. The van der Waals surface area contributed by atoms with Gasteiger partial charge in [0.25, 0.3) is 0 Å². The third-order valence-electron chi connectivity index (χ3n) is 4.49. The molecule has 0 aromatic carbocycles. The molecule has 1 aliphatic heterocycles. The highest BCUT2D eigenvalue weighted by Gasteiger charge is 2.38. The first-order chi connectivity index (χ1) is 9.88. The van der Waals surface area contributed by atoms with Gasteiger partial charge in [0.05, 0.1) is 12.6 Å². The van der Waals surface area contributed by atoms with Crippen molar-refractivity contribution in [3.63, 3.8) is 0 Å². The van der Waals surface area contributed by atoms with E-state index in [4.69, 9.17) is 5.73 Å². The van der Waals surface area contributed by atoms with Gasteiger partial charge in [-0.1, -0.05) is 20.8 Å². The molecule has 0 aromatic heterocycles. The Hall–Kier alpha value is -1.14. The second kappa shape index (κ2) is 6.75. The highest BCUT2D eigenvalue weighted by Crippen LogP contribution is 2.31. The lowest BCUT2D eigenvalue weighted by Crippen LogP contribution is -2.49. The van der Waals surface area contributed by atoms with Crippen molar-refractivity contribution < 1.29 is 9.59 Å². The monoisotopic (exact) mass is 296 g/mol. The molecular formula is C15H28N4O2. The van der Waals surface area contributed by atoms with Crippen LogP contribution in [0, 0.1) is 11.8 Å². The number of nitrogens with one attached hydrogen (secondary N) is 2. The Kier molecular flexibility index (Phi) is 5.22. The van der Waals surface area contributed by atoms with Crippen LogP contribution in [0.15, 0.2) is 0 Å². The number of hydrogen-bond donors (Lipinski definition) is 3. The quantitative estimate of drug-likeness (QED) is 0.627. The molecule has 2 aliphatic rings. The Morgan fingerprint density at radius 2 is 1.95 bits per heavy atom. The topological polar surface area (TPSA) is 87.5 Å². The number of likely N-dealkylation sites (tertiary alicyclic amines) is 1. The van der Waals surface area contributed by atoms with Crippen LogP contribution in [-0.2, 0) is 9.59 Å². The van der Waals surface area contributed by atoms with Crippen LogP contribution in [0.4, 0.5) is 0 Å². The van der Waals surface area contributed by atoms with E-state index in [1.54, 1.807) is 0 Å². The molecule has 0 spiro atoms. The fourth-order valence-corrected chi connectivity index (χ4v) is 2.78. The summed E-state index contributed by atoms with van der Waals surface area (Å²) in [4.78, 5) is 26.1. The maximum atomic E-state index is 11.9. The van der Waals surface area contributed by atoms with Gasteiger partial charge in [0.1, 0.15) is 0 Å². The van der Waals surface area contributed by atoms with E-state index in [-0.39, 0.29) is 30.3 Å². The number of amides is 2. The van der Waals surface area contributed by atoms with Gasteiger partial charge in [-0.05, 0) is 24.7 Å². The molecule has 1 saturated carbocycles. The SMILES string of the molecule is CC1CN(C2CC2)CC1NC(=O)CNC(=O)[C@@H](N)C(C)C. The van der Waals surface area contributed by atoms with Gasteiger partial charge in [-0.15, -0.1) is 0 Å². The van der Waals surface area contributed by atoms with E-state index < -0.39 is 6.04 Å². The molecule has 2 rings (SSSR count). The van der Waals surface area contributed by atoms with Crippen molar-refractivity contribution in [2.24, 2.45) is 17.6 Å². The van der Waals surface area contributed by atoms with E-state index in [0.29, 0.717) is 5.92 Å². The molecule has 1 aliphatic carbocycles. The van der Waals surface area contributed by atoms with Crippen molar-refractivity contribution in [1.29, 1.82) is 0 Å². The van der Waals surface area contributed by atoms with Crippen LogP contribution in [0.3, 0.4) is 0 Å². The van der Waals surface area contributed by atoms with Crippen LogP contribution < -0.4 is 16.4 Å². The number of nitrogens with two attached hydrogens (primary N) is 1. The summed E-state index contributed by atoms with van der Waals surface area (Å²) in [6, 6.07) is 0.362. The van der Waals surface area contributed by atoms with Gasteiger partial charge in [0.2, 0.25) is 11.8 Å². The maximum absolute atomic E-state index is 11.9. The Morgan fingerprint density at radius 1 is 1.29 bits per heavy atom. The van der Waals surface area contributed by atoms with Gasteiger partial charge in [0.15, 0.2) is 0 Å². The molecule has 0 radical (unpaired) electrons. The third kappa shape index (κ3) is 4.41. The number of rotatable bonds is 6. The van der Waals surface area contributed by atoms with Crippen LogP contribution in [0.5, 0.6) is 0 Å². The van der Waals surface area contributed by atoms with Gasteiger partial charge in [-0.2, -0.15) is 0 Å². The average Bonchev–Trinajstić information content (AvgIpc) is 3.21. The lowest BCUT2D eigenvalue weighted by atomic mass is 10.1. The second-order valence-corrected chi connectivity index (χ2v) is 6.82. The molecule has 1 heterocycles. The smallest absolute Gasteiger partial charge is 0.239 e. The molecule has 120 valence electrons. The van der Waals surface area contributed by atoms with E-state index in [0.717, 1.165) is 19.1 Å². The number of hydrogen-bond acceptors (Lipinski definition) is 4. The van der Waals surface area contributed by atoms with Crippen LogP contribution >= 0.6 is 0 Å². The van der Waals surface area contributed by atoms with Gasteiger partial charge >= 0.3 is 0 Å². The Morgan fingerprint density at radius 3 is 2.52 bits per heavy atom. The number of carbonyl (C=O) groups is 2. The predicted molar refractivity (Wildman–Crippen MR) is 81.5 cm³/mol. The molecule has 21 heavy (non-hydrogen) atoms. The summed E-state index contributed by atoms with van der Waals surface area (Å²) in [5.41, 5.74) is 5.74. The first-order valence-corrected chi connectivity index (χ1v) is 7.95. The molecule has 6 nitrogen and oxygen atoms in total. The molecular weight excluding hydrogens is 268 g/mol. The minimum atomic E-state index is -0.562. The fourth-order valence-electron chi connectivity index (χ4n) is 2.78. The molecule has 0 aromatic rings. The number of nitrogens with zero attached hydrogens (tertiary/aromatic N) is 1. The summed E-state index contributed by atoms with van der Waals surface area (Å²) in [6.07, 6.45) is 2.58. The maximum Gasteiger partial charge on any atom is 0.239 e. The van der Waals surface area contributed by atoms with Crippen LogP contribution in [0.25, 0.3) is 0 Å². The largest absolute Gasteiger partial charge is 0.350 e. The zero-order valence-electron chi connectivity index (χ0n) is 13.3. The molecule has 2 fully saturated rings. The summed E-state index contributed by atoms with van der Waals surface area (Å²) in [7, 11) is 0. The fraction of sp³-hybridized carbons (Fsp3) is 0.867. The van der Waals surface area contributed by atoms with E-state index >= 15 is 0 Å². The van der Waals surface area contributed by atoms with Crippen LogP contribution in [0.1, 0.15) is 33.6 Å². The summed E-state index contributed by atoms with van der Waals surface area (Å²) in [5, 5.41) is 5.64. The molecule has 1 saturated heterocycles. The Labute approximate surface area is 126 Å². The van der Waals surface area contributed by atoms with E-state index in [1.807, 2.05) is 13.8 Å². The van der Waals surface area contributed by atoms with Crippen molar-refractivity contribution in [2.75, 3.05) is 19.6 Å². The van der Waals surface area contributed by atoms with Crippen molar-refractivity contribution in [3.8, 4) is 0 Å². The molecule has 0 bridgehead atoms. The Bertz CT molecular complexity index is 395. The highest BCUT2D eigenvalue weighted by molar-refractivity contribution is 5.87. The average molecular weight is 296 g/mol. The van der Waals surface area contributed by atoms with Gasteiger partial charge in [-0.3, -0.25) is 14.5 Å². The van der Waals surface area contributed by atoms with Crippen molar-refractivity contribution in [3.05, 3.63) is 0 Å². The molecule has 2 amide bonds. The zero-order chi connectivity index (χ0) is 15.6. The Balaban J connectivity index is 1.70.